The van der Waals surface area contributed by atoms with E-state index in [-0.39, 0.29) is 22.4 Å². The van der Waals surface area contributed by atoms with Crippen LogP contribution in [0.25, 0.3) is 0 Å². The highest BCUT2D eigenvalue weighted by atomic mass is 15.4. The molecule has 1 heteroatoms. The standard InChI is InChI=1S/C25H43N/c1-12-15-20(6)24(10,14-3)22(21(13-2)17-16-19(4)5)26-18-25(26,11)23(7,8)9/h2,14,17,19-20,22H,3,12,15-16,18H2,1,4-11H3/b21-17-. The van der Waals surface area contributed by atoms with E-state index in [2.05, 4.69) is 91.9 Å². The fourth-order valence-electron chi connectivity index (χ4n) is 4.12. The summed E-state index contributed by atoms with van der Waals surface area (Å²) in [7, 11) is 0. The SMILES string of the molecule is C#C/C(=C/CC(C)C)C(N1CC1(C)C(C)(C)C)C(C)(C=C)C(C)CCC. The van der Waals surface area contributed by atoms with Gasteiger partial charge in [-0.05, 0) is 30.6 Å². The van der Waals surface area contributed by atoms with Crippen molar-refractivity contribution in [2.24, 2.45) is 22.7 Å². The first-order valence-electron chi connectivity index (χ1n) is 10.5. The van der Waals surface area contributed by atoms with Crippen LogP contribution >= 0.6 is 0 Å². The third-order valence-corrected chi connectivity index (χ3v) is 7.02. The third kappa shape index (κ3) is 4.45. The highest BCUT2D eigenvalue weighted by Gasteiger charge is 2.61. The normalized spacial score (nSPS) is 28.2. The first-order valence-corrected chi connectivity index (χ1v) is 10.5. The summed E-state index contributed by atoms with van der Waals surface area (Å²) >= 11 is 0. The topological polar surface area (TPSA) is 3.01 Å². The molecule has 1 fully saturated rings. The zero-order chi connectivity index (χ0) is 20.3. The molecule has 1 aliphatic heterocycles. The van der Waals surface area contributed by atoms with Crippen LogP contribution < -0.4 is 0 Å². The van der Waals surface area contributed by atoms with Gasteiger partial charge in [0.2, 0.25) is 0 Å². The third-order valence-electron chi connectivity index (χ3n) is 7.02. The van der Waals surface area contributed by atoms with E-state index in [1.54, 1.807) is 0 Å². The Morgan fingerprint density at radius 3 is 2.19 bits per heavy atom. The largest absolute Gasteiger partial charge is 0.286 e. The summed E-state index contributed by atoms with van der Waals surface area (Å²) in [6.07, 6.45) is 14.0. The number of terminal acetylenes is 1. The summed E-state index contributed by atoms with van der Waals surface area (Å²) in [4.78, 5) is 2.65. The molecule has 1 aliphatic rings. The Morgan fingerprint density at radius 2 is 1.85 bits per heavy atom. The fraction of sp³-hybridized carbons (Fsp3) is 0.760. The number of hydrogen-bond acceptors (Lipinski definition) is 1. The van der Waals surface area contributed by atoms with Crippen molar-refractivity contribution in [1.82, 2.24) is 4.90 Å². The quantitative estimate of drug-likeness (QED) is 0.252. The Bertz CT molecular complexity index is 556. The molecule has 0 N–H and O–H groups in total. The second-order valence-electron chi connectivity index (χ2n) is 10.2. The molecule has 0 amide bonds. The monoisotopic (exact) mass is 357 g/mol. The van der Waals surface area contributed by atoms with Gasteiger partial charge in [0.25, 0.3) is 0 Å². The average molecular weight is 358 g/mol. The van der Waals surface area contributed by atoms with Crippen molar-refractivity contribution < 1.29 is 0 Å². The van der Waals surface area contributed by atoms with Gasteiger partial charge in [-0.3, -0.25) is 4.90 Å². The van der Waals surface area contributed by atoms with Crippen LogP contribution in [-0.4, -0.2) is 23.0 Å². The van der Waals surface area contributed by atoms with Crippen molar-refractivity contribution in [3.05, 3.63) is 24.3 Å². The highest BCUT2D eigenvalue weighted by molar-refractivity contribution is 5.38. The Morgan fingerprint density at radius 1 is 1.27 bits per heavy atom. The van der Waals surface area contributed by atoms with E-state index < -0.39 is 0 Å². The molecule has 0 radical (unpaired) electrons. The average Bonchev–Trinajstić information content (AvgIpc) is 3.23. The molecule has 0 bridgehead atoms. The molecule has 0 aliphatic carbocycles. The lowest BCUT2D eigenvalue weighted by molar-refractivity contribution is 0.118. The number of hydrogen-bond donors (Lipinski definition) is 0. The van der Waals surface area contributed by atoms with Gasteiger partial charge in [-0.2, -0.15) is 0 Å². The van der Waals surface area contributed by atoms with Crippen LogP contribution in [0.15, 0.2) is 24.3 Å². The number of rotatable bonds is 9. The maximum absolute atomic E-state index is 6.07. The Labute approximate surface area is 164 Å². The summed E-state index contributed by atoms with van der Waals surface area (Å²) in [6, 6.07) is 0.231. The minimum absolute atomic E-state index is 0.0335. The van der Waals surface area contributed by atoms with Gasteiger partial charge in [-0.15, -0.1) is 13.0 Å². The van der Waals surface area contributed by atoms with Gasteiger partial charge in [0, 0.05) is 23.1 Å². The van der Waals surface area contributed by atoms with Crippen LogP contribution in [0.4, 0.5) is 0 Å². The van der Waals surface area contributed by atoms with Crippen molar-refractivity contribution in [1.29, 1.82) is 0 Å². The van der Waals surface area contributed by atoms with Gasteiger partial charge in [-0.1, -0.05) is 86.3 Å². The molecule has 1 heterocycles. The van der Waals surface area contributed by atoms with Crippen molar-refractivity contribution in [2.75, 3.05) is 6.54 Å². The van der Waals surface area contributed by atoms with Crippen LogP contribution in [-0.2, 0) is 0 Å². The van der Waals surface area contributed by atoms with Crippen LogP contribution in [0.2, 0.25) is 0 Å². The van der Waals surface area contributed by atoms with E-state index in [9.17, 15) is 0 Å². The molecule has 1 nitrogen and oxygen atoms in total. The Hall–Kier alpha value is -1.00. The van der Waals surface area contributed by atoms with Crippen LogP contribution in [0.5, 0.6) is 0 Å². The minimum Gasteiger partial charge on any atom is -0.286 e. The number of nitrogens with zero attached hydrogens (tertiary/aromatic N) is 1. The van der Waals surface area contributed by atoms with Gasteiger partial charge >= 0.3 is 0 Å². The minimum atomic E-state index is -0.0335. The molecule has 0 aromatic heterocycles. The first kappa shape index (κ1) is 23.0. The summed E-state index contributed by atoms with van der Waals surface area (Å²) < 4.78 is 0. The van der Waals surface area contributed by atoms with Crippen LogP contribution in [0, 0.1) is 35.0 Å². The van der Waals surface area contributed by atoms with Crippen LogP contribution in [0.1, 0.15) is 81.6 Å². The molecular weight excluding hydrogens is 314 g/mol. The van der Waals surface area contributed by atoms with E-state index in [0.717, 1.165) is 18.5 Å². The molecule has 0 spiro atoms. The van der Waals surface area contributed by atoms with Gasteiger partial charge in [0.15, 0.2) is 0 Å². The molecule has 1 rings (SSSR count). The lowest BCUT2D eigenvalue weighted by Crippen LogP contribution is -2.46. The molecule has 5 atom stereocenters. The maximum Gasteiger partial charge on any atom is 0.0521 e. The molecule has 0 aromatic rings. The lowest BCUT2D eigenvalue weighted by Gasteiger charge is -2.44. The van der Waals surface area contributed by atoms with E-state index in [0.29, 0.717) is 11.8 Å². The van der Waals surface area contributed by atoms with E-state index in [1.165, 1.54) is 12.8 Å². The maximum atomic E-state index is 6.07. The first-order chi connectivity index (χ1) is 11.9. The summed E-state index contributed by atoms with van der Waals surface area (Å²) in [5.41, 5.74) is 1.52. The predicted octanol–water partition coefficient (Wildman–Crippen LogP) is 6.71. The smallest absolute Gasteiger partial charge is 0.0521 e. The number of allylic oxidation sites excluding steroid dienone is 1. The molecule has 26 heavy (non-hydrogen) atoms. The van der Waals surface area contributed by atoms with E-state index in [4.69, 9.17) is 6.42 Å². The molecule has 148 valence electrons. The molecule has 0 aromatic carbocycles. The Balaban J connectivity index is 3.42. The summed E-state index contributed by atoms with van der Waals surface area (Å²) in [5.74, 6) is 4.23. The zero-order valence-corrected chi connectivity index (χ0v) is 18.9. The molecule has 0 saturated carbocycles. The lowest BCUT2D eigenvalue weighted by atomic mass is 9.67. The fourth-order valence-corrected chi connectivity index (χ4v) is 4.12. The molecule has 5 unspecified atom stereocenters. The van der Waals surface area contributed by atoms with Gasteiger partial charge in [0.1, 0.15) is 0 Å². The molecular formula is C25H43N. The van der Waals surface area contributed by atoms with E-state index >= 15 is 0 Å². The van der Waals surface area contributed by atoms with E-state index in [1.807, 2.05) is 0 Å². The van der Waals surface area contributed by atoms with Crippen molar-refractivity contribution in [3.8, 4) is 12.3 Å². The Kier molecular flexibility index (Phi) is 7.40. The van der Waals surface area contributed by atoms with Gasteiger partial charge in [0.05, 0.1) is 6.04 Å². The van der Waals surface area contributed by atoms with Crippen molar-refractivity contribution in [2.45, 2.75) is 93.2 Å². The second-order valence-corrected chi connectivity index (χ2v) is 10.2. The van der Waals surface area contributed by atoms with Crippen molar-refractivity contribution in [3.63, 3.8) is 0 Å². The van der Waals surface area contributed by atoms with Gasteiger partial charge in [-0.25, -0.2) is 0 Å². The molecule has 1 saturated heterocycles. The summed E-state index contributed by atoms with van der Waals surface area (Å²) in [5, 5.41) is 0. The predicted molar refractivity (Wildman–Crippen MR) is 117 cm³/mol. The zero-order valence-electron chi connectivity index (χ0n) is 18.9. The van der Waals surface area contributed by atoms with Crippen LogP contribution in [0.3, 0.4) is 0 Å². The van der Waals surface area contributed by atoms with Gasteiger partial charge < -0.3 is 0 Å². The summed E-state index contributed by atoms with van der Waals surface area (Å²) in [6.45, 7) is 26.3. The second kappa shape index (κ2) is 8.35. The van der Waals surface area contributed by atoms with Crippen molar-refractivity contribution >= 4 is 0 Å². The highest BCUT2D eigenvalue weighted by Crippen LogP contribution is 2.54.